The zero-order valence-corrected chi connectivity index (χ0v) is 9.29. The molecule has 2 aromatic carbocycles. The van der Waals surface area contributed by atoms with Crippen LogP contribution in [0.15, 0.2) is 42.5 Å². The van der Waals surface area contributed by atoms with Gasteiger partial charge < -0.3 is 0 Å². The molecule has 0 aromatic heterocycles. The van der Waals surface area contributed by atoms with Crippen LogP contribution in [0, 0.1) is 10.1 Å². The molecule has 4 heteroatoms. The second-order valence-corrected chi connectivity index (χ2v) is 4.38. The Morgan fingerprint density at radius 1 is 1.24 bits per heavy atom. The van der Waals surface area contributed by atoms with Crippen LogP contribution in [0.5, 0.6) is 0 Å². The van der Waals surface area contributed by atoms with Crippen LogP contribution in [0.1, 0.15) is 18.6 Å². The molecule has 0 bridgehead atoms. The van der Waals surface area contributed by atoms with E-state index in [4.69, 9.17) is 4.74 Å². The number of nitro groups is 1. The first kappa shape index (κ1) is 10.2. The molecular weight excluding hydrogens is 218 g/mol. The molecule has 1 aliphatic heterocycles. The summed E-state index contributed by atoms with van der Waals surface area (Å²) in [5.74, 6) is 0. The summed E-state index contributed by atoms with van der Waals surface area (Å²) in [6.45, 7) is 1.51. The summed E-state index contributed by atoms with van der Waals surface area (Å²) < 4.78 is 5.26. The maximum atomic E-state index is 10.9. The number of epoxide rings is 1. The van der Waals surface area contributed by atoms with Crippen molar-refractivity contribution in [2.24, 2.45) is 0 Å². The first-order valence-electron chi connectivity index (χ1n) is 5.43. The van der Waals surface area contributed by atoms with Crippen LogP contribution in [-0.2, 0) is 4.74 Å². The SMILES string of the molecule is CC1([N+](=O)[O-])OC1c1cccc2ccccc12. The van der Waals surface area contributed by atoms with Crippen molar-refractivity contribution in [1.29, 1.82) is 0 Å². The lowest BCUT2D eigenvalue weighted by Crippen LogP contribution is -2.19. The summed E-state index contributed by atoms with van der Waals surface area (Å²) in [5, 5.41) is 13.0. The fourth-order valence-corrected chi connectivity index (χ4v) is 2.17. The van der Waals surface area contributed by atoms with Crippen LogP contribution in [0.25, 0.3) is 10.8 Å². The maximum Gasteiger partial charge on any atom is 0.353 e. The van der Waals surface area contributed by atoms with Crippen LogP contribution in [-0.4, -0.2) is 10.6 Å². The summed E-state index contributed by atoms with van der Waals surface area (Å²) in [6.07, 6.45) is -0.441. The van der Waals surface area contributed by atoms with Gasteiger partial charge >= 0.3 is 5.72 Å². The van der Waals surface area contributed by atoms with Gasteiger partial charge in [-0.25, -0.2) is 0 Å². The zero-order valence-electron chi connectivity index (χ0n) is 9.29. The number of hydrogen-bond acceptors (Lipinski definition) is 3. The molecule has 0 N–H and O–H groups in total. The predicted molar refractivity (Wildman–Crippen MR) is 63.2 cm³/mol. The van der Waals surface area contributed by atoms with Crippen molar-refractivity contribution in [3.63, 3.8) is 0 Å². The van der Waals surface area contributed by atoms with E-state index >= 15 is 0 Å². The lowest BCUT2D eigenvalue weighted by molar-refractivity contribution is -0.558. The Kier molecular flexibility index (Phi) is 1.97. The summed E-state index contributed by atoms with van der Waals surface area (Å²) in [7, 11) is 0. The van der Waals surface area contributed by atoms with E-state index in [1.165, 1.54) is 6.92 Å². The normalized spacial score (nSPS) is 27.0. The highest BCUT2D eigenvalue weighted by molar-refractivity contribution is 5.86. The summed E-state index contributed by atoms with van der Waals surface area (Å²) in [5.41, 5.74) is -0.369. The average molecular weight is 229 g/mol. The van der Waals surface area contributed by atoms with E-state index in [1.807, 2.05) is 42.5 Å². The van der Waals surface area contributed by atoms with Crippen LogP contribution < -0.4 is 0 Å². The van der Waals surface area contributed by atoms with E-state index in [0.717, 1.165) is 16.3 Å². The standard InChI is InChI=1S/C13H11NO3/c1-13(14(15)16)12(17-13)11-8-4-6-9-5-2-3-7-10(9)11/h2-8,12H,1H3. The lowest BCUT2D eigenvalue weighted by atomic mass is 10.00. The van der Waals surface area contributed by atoms with Crippen LogP contribution >= 0.6 is 0 Å². The highest BCUT2D eigenvalue weighted by Gasteiger charge is 2.66. The third-order valence-electron chi connectivity index (χ3n) is 3.25. The van der Waals surface area contributed by atoms with Gasteiger partial charge in [0.25, 0.3) is 0 Å². The minimum atomic E-state index is -1.26. The molecule has 2 atom stereocenters. The van der Waals surface area contributed by atoms with E-state index in [1.54, 1.807) is 0 Å². The third-order valence-corrected chi connectivity index (χ3v) is 3.25. The molecule has 1 saturated heterocycles. The molecule has 2 aromatic rings. The van der Waals surface area contributed by atoms with E-state index in [2.05, 4.69) is 0 Å². The molecule has 0 aliphatic carbocycles. The molecular formula is C13H11NO3. The van der Waals surface area contributed by atoms with Gasteiger partial charge in [-0.1, -0.05) is 42.5 Å². The molecule has 1 fully saturated rings. The molecule has 17 heavy (non-hydrogen) atoms. The minimum Gasteiger partial charge on any atom is -0.294 e. The van der Waals surface area contributed by atoms with Crippen LogP contribution in [0.2, 0.25) is 0 Å². The fraction of sp³-hybridized carbons (Fsp3) is 0.231. The number of fused-ring (bicyclic) bond motifs is 1. The summed E-state index contributed by atoms with van der Waals surface area (Å²) >= 11 is 0. The van der Waals surface area contributed by atoms with E-state index < -0.39 is 11.8 Å². The van der Waals surface area contributed by atoms with E-state index in [0.29, 0.717) is 0 Å². The van der Waals surface area contributed by atoms with Crippen LogP contribution in [0.4, 0.5) is 0 Å². The molecule has 0 amide bonds. The Morgan fingerprint density at radius 2 is 1.94 bits per heavy atom. The summed E-state index contributed by atoms with van der Waals surface area (Å²) in [4.78, 5) is 10.5. The molecule has 86 valence electrons. The lowest BCUT2D eigenvalue weighted by Gasteiger charge is -2.03. The van der Waals surface area contributed by atoms with E-state index in [9.17, 15) is 10.1 Å². The highest BCUT2D eigenvalue weighted by Crippen LogP contribution is 2.51. The van der Waals surface area contributed by atoms with Crippen LogP contribution in [0.3, 0.4) is 0 Å². The number of ether oxygens (including phenoxy) is 1. The van der Waals surface area contributed by atoms with Gasteiger partial charge in [0.05, 0.1) is 4.92 Å². The van der Waals surface area contributed by atoms with Crippen molar-refractivity contribution in [3.8, 4) is 0 Å². The quantitative estimate of drug-likeness (QED) is 0.452. The monoisotopic (exact) mass is 229 g/mol. The first-order chi connectivity index (χ1) is 8.13. The number of benzene rings is 2. The Hall–Kier alpha value is -1.94. The van der Waals surface area contributed by atoms with Crippen molar-refractivity contribution in [2.45, 2.75) is 18.8 Å². The predicted octanol–water partition coefficient (Wildman–Crippen LogP) is 2.90. The van der Waals surface area contributed by atoms with Gasteiger partial charge in [-0.15, -0.1) is 0 Å². The largest absolute Gasteiger partial charge is 0.353 e. The Morgan fingerprint density at radius 3 is 2.65 bits per heavy atom. The second kappa shape index (κ2) is 3.28. The molecule has 1 aliphatic rings. The topological polar surface area (TPSA) is 55.7 Å². The van der Waals surface area contributed by atoms with Crippen molar-refractivity contribution >= 4 is 10.8 Å². The van der Waals surface area contributed by atoms with Crippen molar-refractivity contribution in [1.82, 2.24) is 0 Å². The molecule has 3 rings (SSSR count). The summed E-state index contributed by atoms with van der Waals surface area (Å²) in [6, 6.07) is 13.6. The molecule has 0 spiro atoms. The molecule has 0 saturated carbocycles. The van der Waals surface area contributed by atoms with Gasteiger partial charge in [-0.3, -0.25) is 14.9 Å². The third kappa shape index (κ3) is 1.41. The number of rotatable bonds is 2. The van der Waals surface area contributed by atoms with Gasteiger partial charge in [-0.05, 0) is 16.3 Å². The number of hydrogen-bond donors (Lipinski definition) is 0. The number of nitrogens with zero attached hydrogens (tertiary/aromatic N) is 1. The van der Waals surface area contributed by atoms with Gasteiger partial charge in [0.15, 0.2) is 6.10 Å². The van der Waals surface area contributed by atoms with Crippen molar-refractivity contribution < 1.29 is 9.66 Å². The van der Waals surface area contributed by atoms with Gasteiger partial charge in [-0.2, -0.15) is 0 Å². The Bertz CT molecular complexity index is 605. The zero-order chi connectivity index (χ0) is 12.0. The minimum absolute atomic E-state index is 0.362. The van der Waals surface area contributed by atoms with Crippen molar-refractivity contribution in [2.75, 3.05) is 0 Å². The molecule has 1 heterocycles. The molecule has 0 radical (unpaired) electrons. The smallest absolute Gasteiger partial charge is 0.294 e. The Balaban J connectivity index is 2.12. The second-order valence-electron chi connectivity index (χ2n) is 4.38. The van der Waals surface area contributed by atoms with Gasteiger partial charge in [0.2, 0.25) is 0 Å². The molecule has 4 nitrogen and oxygen atoms in total. The highest BCUT2D eigenvalue weighted by atomic mass is 16.7. The fourth-order valence-electron chi connectivity index (χ4n) is 2.17. The Labute approximate surface area is 98.0 Å². The molecule has 2 unspecified atom stereocenters. The first-order valence-corrected chi connectivity index (χ1v) is 5.43. The van der Waals surface area contributed by atoms with E-state index in [-0.39, 0.29) is 4.92 Å². The van der Waals surface area contributed by atoms with Crippen molar-refractivity contribution in [3.05, 3.63) is 58.1 Å². The van der Waals surface area contributed by atoms with Gasteiger partial charge in [0, 0.05) is 6.92 Å². The average Bonchev–Trinajstić information content (AvgIpc) is 3.02. The maximum absolute atomic E-state index is 10.9. The van der Waals surface area contributed by atoms with Gasteiger partial charge in [0.1, 0.15) is 0 Å².